The van der Waals surface area contributed by atoms with E-state index in [1.165, 1.54) is 4.90 Å². The summed E-state index contributed by atoms with van der Waals surface area (Å²) in [6, 6.07) is 7.43. The van der Waals surface area contributed by atoms with Crippen LogP contribution in [0, 0.1) is 5.41 Å². The molecular weight excluding hydrogens is 400 g/mol. The van der Waals surface area contributed by atoms with Gasteiger partial charge in [0.1, 0.15) is 25.4 Å². The van der Waals surface area contributed by atoms with Crippen LogP contribution in [0.1, 0.15) is 5.56 Å². The highest BCUT2D eigenvalue weighted by atomic mass is 16.6. The standard InChI is InChI=1S/C21H22N6O4/c1-25-12-17(27-10-9-26(13-19(27)28)21(29)30-11-6-22)16-2-3-18(24-20(16)25)31-14-15-4-7-23-8-5-15/h2-8,12,22H,9-11,13-14H2,1H3. The molecule has 0 saturated carbocycles. The largest absolute Gasteiger partial charge is 0.473 e. The second-order valence-electron chi connectivity index (χ2n) is 7.04. The van der Waals surface area contributed by atoms with Crippen molar-refractivity contribution >= 4 is 34.9 Å². The van der Waals surface area contributed by atoms with Crippen molar-refractivity contribution < 1.29 is 19.1 Å². The van der Waals surface area contributed by atoms with E-state index >= 15 is 0 Å². The van der Waals surface area contributed by atoms with Crippen molar-refractivity contribution in [1.82, 2.24) is 19.4 Å². The third-order valence-corrected chi connectivity index (χ3v) is 4.97. The number of nitrogens with one attached hydrogen (secondary N) is 1. The van der Waals surface area contributed by atoms with Gasteiger partial charge in [0.2, 0.25) is 11.8 Å². The van der Waals surface area contributed by atoms with Crippen LogP contribution < -0.4 is 9.64 Å². The van der Waals surface area contributed by atoms with Gasteiger partial charge in [-0.05, 0) is 23.8 Å². The second-order valence-corrected chi connectivity index (χ2v) is 7.04. The van der Waals surface area contributed by atoms with E-state index in [9.17, 15) is 9.59 Å². The Kier molecular flexibility index (Phi) is 5.78. The number of hydrogen-bond donors (Lipinski definition) is 1. The van der Waals surface area contributed by atoms with Gasteiger partial charge in [0.05, 0.1) is 5.69 Å². The molecule has 0 unspecified atom stereocenters. The summed E-state index contributed by atoms with van der Waals surface area (Å²) in [5, 5.41) is 7.77. The van der Waals surface area contributed by atoms with Crippen LogP contribution >= 0.6 is 0 Å². The first-order chi connectivity index (χ1) is 15.1. The molecule has 1 N–H and O–H groups in total. The van der Waals surface area contributed by atoms with E-state index in [0.717, 1.165) is 22.9 Å². The van der Waals surface area contributed by atoms with Gasteiger partial charge in [-0.1, -0.05) is 0 Å². The molecule has 0 atom stereocenters. The highest BCUT2D eigenvalue weighted by molar-refractivity contribution is 6.04. The number of rotatable bonds is 6. The predicted molar refractivity (Wildman–Crippen MR) is 113 cm³/mol. The fourth-order valence-corrected chi connectivity index (χ4v) is 3.43. The van der Waals surface area contributed by atoms with Gasteiger partial charge in [0.15, 0.2) is 0 Å². The molecule has 0 radical (unpaired) electrons. The van der Waals surface area contributed by atoms with Crippen molar-refractivity contribution in [3.8, 4) is 5.88 Å². The maximum absolute atomic E-state index is 12.7. The molecule has 1 aliphatic heterocycles. The quantitative estimate of drug-likeness (QED) is 0.608. The first-order valence-corrected chi connectivity index (χ1v) is 9.75. The zero-order chi connectivity index (χ0) is 21.8. The minimum Gasteiger partial charge on any atom is -0.473 e. The monoisotopic (exact) mass is 422 g/mol. The van der Waals surface area contributed by atoms with Crippen LogP contribution in [0.25, 0.3) is 11.0 Å². The lowest BCUT2D eigenvalue weighted by atomic mass is 10.2. The topological polar surface area (TPSA) is 114 Å². The van der Waals surface area contributed by atoms with Crippen LogP contribution in [0.15, 0.2) is 42.9 Å². The second kappa shape index (κ2) is 8.82. The number of nitrogens with zero attached hydrogens (tertiary/aromatic N) is 5. The maximum atomic E-state index is 12.7. The van der Waals surface area contributed by atoms with Crippen molar-refractivity contribution in [2.75, 3.05) is 31.1 Å². The molecule has 0 aromatic carbocycles. The van der Waals surface area contributed by atoms with E-state index in [0.29, 0.717) is 31.2 Å². The number of fused-ring (bicyclic) bond motifs is 1. The molecule has 10 nitrogen and oxygen atoms in total. The molecule has 1 fully saturated rings. The summed E-state index contributed by atoms with van der Waals surface area (Å²) < 4.78 is 12.6. The Balaban J connectivity index is 1.49. The zero-order valence-corrected chi connectivity index (χ0v) is 17.0. The molecule has 1 saturated heterocycles. The number of pyridine rings is 2. The molecule has 4 heterocycles. The highest BCUT2D eigenvalue weighted by Gasteiger charge is 2.30. The molecular formula is C21H22N6O4. The fraction of sp³-hybridized carbons (Fsp3) is 0.286. The van der Waals surface area contributed by atoms with E-state index in [4.69, 9.17) is 14.9 Å². The van der Waals surface area contributed by atoms with Crippen molar-refractivity contribution in [2.24, 2.45) is 7.05 Å². The Morgan fingerprint density at radius 2 is 2.03 bits per heavy atom. The van der Waals surface area contributed by atoms with Crippen LogP contribution in [0.5, 0.6) is 5.88 Å². The Hall–Kier alpha value is -3.95. The van der Waals surface area contributed by atoms with Crippen LogP contribution in [-0.2, 0) is 23.2 Å². The summed E-state index contributed by atoms with van der Waals surface area (Å²) in [5.41, 5.74) is 2.43. The van der Waals surface area contributed by atoms with E-state index in [-0.39, 0.29) is 19.1 Å². The molecule has 0 bridgehead atoms. The average Bonchev–Trinajstić information content (AvgIpc) is 3.12. The van der Waals surface area contributed by atoms with Gasteiger partial charge in [-0.15, -0.1) is 0 Å². The third kappa shape index (κ3) is 4.32. The van der Waals surface area contributed by atoms with Crippen LogP contribution in [0.4, 0.5) is 10.5 Å². The van der Waals surface area contributed by atoms with Crippen molar-refractivity contribution in [3.05, 3.63) is 48.4 Å². The smallest absolute Gasteiger partial charge is 0.410 e. The SMILES string of the molecule is Cn1cc(N2CCN(C(=O)OCC=N)CC2=O)c2ccc(OCc3ccncc3)nc21. The van der Waals surface area contributed by atoms with E-state index in [1.54, 1.807) is 23.4 Å². The molecule has 160 valence electrons. The summed E-state index contributed by atoms with van der Waals surface area (Å²) in [4.78, 5) is 36.3. The Bertz CT molecular complexity index is 1110. The first-order valence-electron chi connectivity index (χ1n) is 9.75. The number of carbonyl (C=O) groups excluding carboxylic acids is 2. The van der Waals surface area contributed by atoms with Gasteiger partial charge in [0.25, 0.3) is 0 Å². The summed E-state index contributed by atoms with van der Waals surface area (Å²) in [7, 11) is 1.86. The van der Waals surface area contributed by atoms with E-state index in [1.807, 2.05) is 36.0 Å². The summed E-state index contributed by atoms with van der Waals surface area (Å²) in [6.45, 7) is 0.895. The molecule has 1 aliphatic rings. The lowest BCUT2D eigenvalue weighted by Gasteiger charge is -2.33. The minimum absolute atomic E-state index is 0.0756. The molecule has 0 aliphatic carbocycles. The fourth-order valence-electron chi connectivity index (χ4n) is 3.43. The summed E-state index contributed by atoms with van der Waals surface area (Å²) >= 11 is 0. The van der Waals surface area contributed by atoms with Gasteiger partial charge in [-0.25, -0.2) is 4.79 Å². The van der Waals surface area contributed by atoms with Crippen molar-refractivity contribution in [2.45, 2.75) is 6.61 Å². The number of anilines is 1. The molecule has 3 aromatic rings. The van der Waals surface area contributed by atoms with Gasteiger partial charge in [0, 0.05) is 56.4 Å². The zero-order valence-electron chi connectivity index (χ0n) is 17.0. The average molecular weight is 422 g/mol. The van der Waals surface area contributed by atoms with Crippen molar-refractivity contribution in [3.63, 3.8) is 0 Å². The van der Waals surface area contributed by atoms with E-state index in [2.05, 4.69) is 9.97 Å². The van der Waals surface area contributed by atoms with Gasteiger partial charge in [-0.2, -0.15) is 4.98 Å². The molecule has 10 heteroatoms. The van der Waals surface area contributed by atoms with Crippen LogP contribution in [0.2, 0.25) is 0 Å². The highest BCUT2D eigenvalue weighted by Crippen LogP contribution is 2.30. The number of aromatic nitrogens is 3. The lowest BCUT2D eigenvalue weighted by Crippen LogP contribution is -2.52. The minimum atomic E-state index is -0.591. The Morgan fingerprint density at radius 1 is 1.23 bits per heavy atom. The Labute approximate surface area is 178 Å². The van der Waals surface area contributed by atoms with Crippen LogP contribution in [-0.4, -0.2) is 63.9 Å². The summed E-state index contributed by atoms with van der Waals surface area (Å²) in [5.74, 6) is 0.283. The molecule has 0 spiro atoms. The Morgan fingerprint density at radius 3 is 2.77 bits per heavy atom. The van der Waals surface area contributed by atoms with Gasteiger partial charge in [-0.3, -0.25) is 14.7 Å². The van der Waals surface area contributed by atoms with Gasteiger partial charge < -0.3 is 24.4 Å². The molecule has 31 heavy (non-hydrogen) atoms. The number of ether oxygens (including phenoxy) is 2. The van der Waals surface area contributed by atoms with Gasteiger partial charge >= 0.3 is 6.09 Å². The molecule has 2 amide bonds. The third-order valence-electron chi connectivity index (χ3n) is 4.97. The maximum Gasteiger partial charge on any atom is 0.410 e. The summed E-state index contributed by atoms with van der Waals surface area (Å²) in [6.07, 6.45) is 5.68. The molecule has 3 aromatic heterocycles. The number of hydrogen-bond acceptors (Lipinski definition) is 7. The predicted octanol–water partition coefficient (Wildman–Crippen LogP) is 1.98. The van der Waals surface area contributed by atoms with E-state index < -0.39 is 6.09 Å². The lowest BCUT2D eigenvalue weighted by molar-refractivity contribution is -0.120. The van der Waals surface area contributed by atoms with Crippen molar-refractivity contribution in [1.29, 1.82) is 5.41 Å². The van der Waals surface area contributed by atoms with Crippen LogP contribution in [0.3, 0.4) is 0 Å². The first kappa shape index (κ1) is 20.3. The number of piperazine rings is 1. The number of carbonyl (C=O) groups is 2. The normalized spacial score (nSPS) is 14.0. The molecule has 4 rings (SSSR count). The number of aryl methyl sites for hydroxylation is 1. The number of amides is 2.